The van der Waals surface area contributed by atoms with Crippen LogP contribution in [0.2, 0.25) is 0 Å². The fourth-order valence-corrected chi connectivity index (χ4v) is 2.32. The Labute approximate surface area is 109 Å². The van der Waals surface area contributed by atoms with Gasteiger partial charge in [0.05, 0.1) is 12.7 Å². The Morgan fingerprint density at radius 1 is 1.22 bits per heavy atom. The van der Waals surface area contributed by atoms with Crippen molar-refractivity contribution in [3.8, 4) is 0 Å². The molecule has 0 aliphatic carbocycles. The van der Waals surface area contributed by atoms with Crippen molar-refractivity contribution in [2.75, 3.05) is 0 Å². The lowest BCUT2D eigenvalue weighted by molar-refractivity contribution is 0.678. The zero-order valence-electron chi connectivity index (χ0n) is 11.6. The van der Waals surface area contributed by atoms with Gasteiger partial charge in [-0.3, -0.25) is 4.68 Å². The van der Waals surface area contributed by atoms with E-state index in [9.17, 15) is 0 Å². The summed E-state index contributed by atoms with van der Waals surface area (Å²) in [6.07, 6.45) is 3.88. The van der Waals surface area contributed by atoms with Crippen molar-refractivity contribution in [1.29, 1.82) is 0 Å². The number of nitrogens with zero attached hydrogens (tertiary/aromatic N) is 2. The third-order valence-electron chi connectivity index (χ3n) is 3.34. The summed E-state index contributed by atoms with van der Waals surface area (Å²) < 4.78 is 1.96. The number of rotatable bonds is 3. The maximum Gasteiger partial charge on any atom is 0.0664 e. The van der Waals surface area contributed by atoms with Gasteiger partial charge in [-0.05, 0) is 44.4 Å². The molecule has 1 aromatic carbocycles. The van der Waals surface area contributed by atoms with Crippen LogP contribution in [-0.4, -0.2) is 9.78 Å². The number of hydrogen-bond donors (Lipinski definition) is 1. The quantitative estimate of drug-likeness (QED) is 0.900. The Morgan fingerprint density at radius 2 is 1.83 bits per heavy atom. The molecule has 1 aromatic heterocycles. The van der Waals surface area contributed by atoms with E-state index in [4.69, 9.17) is 5.73 Å². The summed E-state index contributed by atoms with van der Waals surface area (Å²) in [6, 6.07) is 4.48. The van der Waals surface area contributed by atoms with Crippen LogP contribution in [0.5, 0.6) is 0 Å². The second-order valence-corrected chi connectivity index (χ2v) is 5.14. The number of benzene rings is 1. The maximum atomic E-state index is 5.85. The van der Waals surface area contributed by atoms with Gasteiger partial charge in [0.2, 0.25) is 0 Å². The lowest BCUT2D eigenvalue weighted by Crippen LogP contribution is -2.06. The van der Waals surface area contributed by atoms with Crippen LogP contribution < -0.4 is 5.73 Å². The average molecular weight is 243 g/mol. The van der Waals surface area contributed by atoms with Crippen molar-refractivity contribution in [2.24, 2.45) is 5.73 Å². The second-order valence-electron chi connectivity index (χ2n) is 5.14. The van der Waals surface area contributed by atoms with Crippen molar-refractivity contribution in [3.63, 3.8) is 0 Å². The molecule has 0 saturated carbocycles. The molecular weight excluding hydrogens is 222 g/mol. The average Bonchev–Trinajstić information content (AvgIpc) is 2.71. The lowest BCUT2D eigenvalue weighted by atomic mass is 10.00. The Hall–Kier alpha value is -1.61. The normalized spacial score (nSPS) is 12.7. The highest BCUT2D eigenvalue weighted by Crippen LogP contribution is 2.18. The Kier molecular flexibility index (Phi) is 3.53. The summed E-state index contributed by atoms with van der Waals surface area (Å²) in [7, 11) is 0. The zero-order chi connectivity index (χ0) is 13.3. The summed E-state index contributed by atoms with van der Waals surface area (Å²) in [5.41, 5.74) is 12.2. The first-order valence-corrected chi connectivity index (χ1v) is 6.32. The molecule has 18 heavy (non-hydrogen) atoms. The van der Waals surface area contributed by atoms with Gasteiger partial charge in [0, 0.05) is 17.8 Å². The van der Waals surface area contributed by atoms with Gasteiger partial charge >= 0.3 is 0 Å². The molecule has 2 aromatic rings. The monoisotopic (exact) mass is 243 g/mol. The molecular formula is C15H21N3. The van der Waals surface area contributed by atoms with Gasteiger partial charge in [0.1, 0.15) is 0 Å². The summed E-state index contributed by atoms with van der Waals surface area (Å²) in [4.78, 5) is 0. The number of aryl methyl sites for hydroxylation is 3. The molecule has 0 amide bonds. The molecule has 1 unspecified atom stereocenters. The Balaban J connectivity index is 2.28. The minimum atomic E-state index is 0.0407. The van der Waals surface area contributed by atoms with Gasteiger partial charge in [-0.1, -0.05) is 17.7 Å². The van der Waals surface area contributed by atoms with Gasteiger partial charge in [-0.15, -0.1) is 0 Å². The van der Waals surface area contributed by atoms with E-state index in [1.54, 1.807) is 0 Å². The molecule has 3 nitrogen and oxygen atoms in total. The molecule has 2 rings (SSSR count). The first-order valence-electron chi connectivity index (χ1n) is 6.32. The van der Waals surface area contributed by atoms with Gasteiger partial charge in [0.15, 0.2) is 0 Å². The van der Waals surface area contributed by atoms with Gasteiger partial charge in [-0.25, -0.2) is 0 Å². The fraction of sp³-hybridized carbons (Fsp3) is 0.400. The third-order valence-corrected chi connectivity index (χ3v) is 3.34. The highest BCUT2D eigenvalue weighted by molar-refractivity contribution is 5.37. The van der Waals surface area contributed by atoms with Crippen LogP contribution >= 0.6 is 0 Å². The van der Waals surface area contributed by atoms with Crippen molar-refractivity contribution in [3.05, 3.63) is 52.3 Å². The van der Waals surface area contributed by atoms with Gasteiger partial charge in [0.25, 0.3) is 0 Å². The van der Waals surface area contributed by atoms with E-state index in [-0.39, 0.29) is 6.04 Å². The zero-order valence-corrected chi connectivity index (χ0v) is 11.6. The lowest BCUT2D eigenvalue weighted by Gasteiger charge is -2.11. The van der Waals surface area contributed by atoms with Crippen LogP contribution in [-0.2, 0) is 6.54 Å². The molecule has 0 saturated heterocycles. The Bertz CT molecular complexity index is 530. The minimum absolute atomic E-state index is 0.0407. The van der Waals surface area contributed by atoms with Crippen LogP contribution in [0.15, 0.2) is 24.5 Å². The van der Waals surface area contributed by atoms with E-state index < -0.39 is 0 Å². The van der Waals surface area contributed by atoms with E-state index in [0.29, 0.717) is 0 Å². The largest absolute Gasteiger partial charge is 0.324 e. The minimum Gasteiger partial charge on any atom is -0.324 e. The molecule has 2 N–H and O–H groups in total. The summed E-state index contributed by atoms with van der Waals surface area (Å²) in [5, 5.41) is 4.37. The Morgan fingerprint density at radius 3 is 2.33 bits per heavy atom. The SMILES string of the molecule is Cc1cc(C)c(Cn2cc(C(C)N)cn2)c(C)c1. The summed E-state index contributed by atoms with van der Waals surface area (Å²) in [6.45, 7) is 9.23. The first kappa shape index (κ1) is 12.8. The molecule has 0 aliphatic rings. The topological polar surface area (TPSA) is 43.8 Å². The van der Waals surface area contributed by atoms with E-state index in [0.717, 1.165) is 12.1 Å². The van der Waals surface area contributed by atoms with Crippen LogP contribution in [0.1, 0.15) is 40.8 Å². The molecule has 3 heteroatoms. The summed E-state index contributed by atoms with van der Waals surface area (Å²) in [5.74, 6) is 0. The predicted molar refractivity (Wildman–Crippen MR) is 74.6 cm³/mol. The molecule has 1 heterocycles. The van der Waals surface area contributed by atoms with Gasteiger partial charge < -0.3 is 5.73 Å². The number of hydrogen-bond acceptors (Lipinski definition) is 2. The van der Waals surface area contributed by atoms with E-state index >= 15 is 0 Å². The van der Waals surface area contributed by atoms with E-state index in [1.807, 2.05) is 24.0 Å². The van der Waals surface area contributed by atoms with Crippen molar-refractivity contribution < 1.29 is 0 Å². The van der Waals surface area contributed by atoms with Crippen molar-refractivity contribution in [2.45, 2.75) is 40.3 Å². The molecule has 96 valence electrons. The molecule has 0 aliphatic heterocycles. The predicted octanol–water partition coefficient (Wildman–Crippen LogP) is 2.88. The highest BCUT2D eigenvalue weighted by atomic mass is 15.3. The number of aromatic nitrogens is 2. The van der Waals surface area contributed by atoms with E-state index in [2.05, 4.69) is 38.0 Å². The fourth-order valence-electron chi connectivity index (χ4n) is 2.32. The van der Waals surface area contributed by atoms with Crippen LogP contribution in [0, 0.1) is 20.8 Å². The van der Waals surface area contributed by atoms with Crippen molar-refractivity contribution >= 4 is 0 Å². The smallest absolute Gasteiger partial charge is 0.0664 e. The van der Waals surface area contributed by atoms with E-state index in [1.165, 1.54) is 22.3 Å². The molecule has 0 spiro atoms. The van der Waals surface area contributed by atoms with Crippen molar-refractivity contribution in [1.82, 2.24) is 9.78 Å². The second kappa shape index (κ2) is 4.94. The molecule has 1 atom stereocenters. The maximum absolute atomic E-state index is 5.85. The van der Waals surface area contributed by atoms with Gasteiger partial charge in [-0.2, -0.15) is 5.10 Å². The first-order chi connectivity index (χ1) is 8.47. The summed E-state index contributed by atoms with van der Waals surface area (Å²) >= 11 is 0. The molecule has 0 fully saturated rings. The molecule has 0 bridgehead atoms. The third kappa shape index (κ3) is 2.62. The van der Waals surface area contributed by atoms with Crippen LogP contribution in [0.3, 0.4) is 0 Å². The number of nitrogens with two attached hydrogens (primary N) is 1. The standard InChI is InChI=1S/C15H21N3/c1-10-5-11(2)15(12(3)6-10)9-18-8-14(7-17-18)13(4)16/h5-8,13H,9,16H2,1-4H3. The van der Waals surface area contributed by atoms with Crippen LogP contribution in [0.25, 0.3) is 0 Å². The highest BCUT2D eigenvalue weighted by Gasteiger charge is 2.07. The molecule has 0 radical (unpaired) electrons. The van der Waals surface area contributed by atoms with Crippen LogP contribution in [0.4, 0.5) is 0 Å².